The van der Waals surface area contributed by atoms with Crippen LogP contribution in [0.3, 0.4) is 0 Å². The summed E-state index contributed by atoms with van der Waals surface area (Å²) in [6, 6.07) is 7.60. The van der Waals surface area contributed by atoms with Gasteiger partial charge in [-0.25, -0.2) is 9.97 Å². The Kier molecular flexibility index (Phi) is 4.32. The lowest BCUT2D eigenvalue weighted by molar-refractivity contribution is 0.948. The number of anilines is 1. The number of nitrogens with one attached hydrogen (secondary N) is 1. The first-order valence-electron chi connectivity index (χ1n) is 7.26. The first-order chi connectivity index (χ1) is 10.2. The van der Waals surface area contributed by atoms with Crippen molar-refractivity contribution in [1.29, 1.82) is 0 Å². The highest BCUT2D eigenvalue weighted by Gasteiger charge is 2.26. The van der Waals surface area contributed by atoms with E-state index in [1.807, 2.05) is 12.1 Å². The molecule has 0 atom stereocenters. The zero-order valence-electron chi connectivity index (χ0n) is 11.9. The van der Waals surface area contributed by atoms with Gasteiger partial charge in [0.25, 0.3) is 0 Å². The molecule has 0 radical (unpaired) electrons. The second-order valence-electron chi connectivity index (χ2n) is 5.30. The van der Waals surface area contributed by atoms with Crippen molar-refractivity contribution in [2.75, 3.05) is 11.9 Å². The minimum Gasteiger partial charge on any atom is -0.370 e. The van der Waals surface area contributed by atoms with Crippen molar-refractivity contribution in [3.63, 3.8) is 0 Å². The number of halogens is 2. The molecule has 0 spiro atoms. The molecule has 3 nitrogen and oxygen atoms in total. The standard InChI is InChI=1S/C16H17Cl2N3/c1-2-8-19-14-9-13(10-6-7-10)20-16(21-14)11-4-3-5-12(17)15(11)18/h3-5,9-10H,2,6-8H2,1H3,(H,19,20,21). The highest BCUT2D eigenvalue weighted by Crippen LogP contribution is 2.41. The molecule has 1 aromatic carbocycles. The van der Waals surface area contributed by atoms with Crippen molar-refractivity contribution in [3.8, 4) is 11.4 Å². The molecule has 0 saturated heterocycles. The summed E-state index contributed by atoms with van der Waals surface area (Å²) in [5.74, 6) is 2.07. The van der Waals surface area contributed by atoms with E-state index in [1.165, 1.54) is 12.8 Å². The van der Waals surface area contributed by atoms with Crippen molar-refractivity contribution >= 4 is 29.0 Å². The van der Waals surface area contributed by atoms with Crippen molar-refractivity contribution in [1.82, 2.24) is 9.97 Å². The maximum Gasteiger partial charge on any atom is 0.163 e. The number of nitrogens with zero attached hydrogens (tertiary/aromatic N) is 2. The topological polar surface area (TPSA) is 37.8 Å². The van der Waals surface area contributed by atoms with E-state index in [1.54, 1.807) is 6.07 Å². The molecule has 0 aliphatic heterocycles. The normalized spacial score (nSPS) is 14.2. The molecule has 0 unspecified atom stereocenters. The minimum atomic E-state index is 0.508. The molecule has 1 aliphatic rings. The maximum atomic E-state index is 6.30. The zero-order chi connectivity index (χ0) is 14.8. The third-order valence-electron chi connectivity index (χ3n) is 3.49. The fourth-order valence-electron chi connectivity index (χ4n) is 2.19. The molecule has 3 rings (SSSR count). The summed E-state index contributed by atoms with van der Waals surface area (Å²) in [7, 11) is 0. The van der Waals surface area contributed by atoms with Gasteiger partial charge >= 0.3 is 0 Å². The molecule has 1 N–H and O–H groups in total. The van der Waals surface area contributed by atoms with Crippen LogP contribution in [0.5, 0.6) is 0 Å². The van der Waals surface area contributed by atoms with Crippen LogP contribution in [-0.4, -0.2) is 16.5 Å². The van der Waals surface area contributed by atoms with Gasteiger partial charge in [-0.05, 0) is 31.4 Å². The predicted octanol–water partition coefficient (Wildman–Crippen LogP) is 5.15. The predicted molar refractivity (Wildman–Crippen MR) is 88.2 cm³/mol. The summed E-state index contributed by atoms with van der Waals surface area (Å²) in [4.78, 5) is 9.27. The van der Waals surface area contributed by atoms with Crippen molar-refractivity contribution in [2.45, 2.75) is 32.1 Å². The third-order valence-corrected chi connectivity index (χ3v) is 4.31. The van der Waals surface area contributed by atoms with Gasteiger partial charge in [0.1, 0.15) is 5.82 Å². The summed E-state index contributed by atoms with van der Waals surface area (Å²) in [6.07, 6.45) is 3.45. The van der Waals surface area contributed by atoms with Gasteiger partial charge in [0.05, 0.1) is 10.0 Å². The van der Waals surface area contributed by atoms with Gasteiger partial charge < -0.3 is 5.32 Å². The number of hydrogen-bond donors (Lipinski definition) is 1. The van der Waals surface area contributed by atoms with Gasteiger partial charge in [-0.3, -0.25) is 0 Å². The smallest absolute Gasteiger partial charge is 0.163 e. The minimum absolute atomic E-state index is 0.508. The van der Waals surface area contributed by atoms with E-state index >= 15 is 0 Å². The van der Waals surface area contributed by atoms with E-state index in [2.05, 4.69) is 28.3 Å². The molecule has 1 heterocycles. The Hall–Kier alpha value is -1.32. The second-order valence-corrected chi connectivity index (χ2v) is 6.09. The molecule has 1 aliphatic carbocycles. The molecule has 2 aromatic rings. The van der Waals surface area contributed by atoms with E-state index in [0.717, 1.165) is 30.0 Å². The van der Waals surface area contributed by atoms with Crippen molar-refractivity contribution in [3.05, 3.63) is 40.0 Å². The van der Waals surface area contributed by atoms with E-state index < -0.39 is 0 Å². The molecule has 1 aromatic heterocycles. The van der Waals surface area contributed by atoms with Crippen LogP contribution in [0.4, 0.5) is 5.82 Å². The van der Waals surface area contributed by atoms with E-state index in [9.17, 15) is 0 Å². The molecule has 110 valence electrons. The van der Waals surface area contributed by atoms with Gasteiger partial charge in [0.15, 0.2) is 5.82 Å². The van der Waals surface area contributed by atoms with Gasteiger partial charge in [-0.15, -0.1) is 0 Å². The third kappa shape index (κ3) is 3.30. The summed E-state index contributed by atoms with van der Waals surface area (Å²) in [5, 5.41) is 4.37. The first-order valence-corrected chi connectivity index (χ1v) is 8.02. The lowest BCUT2D eigenvalue weighted by Crippen LogP contribution is -2.05. The van der Waals surface area contributed by atoms with Crippen LogP contribution in [0.15, 0.2) is 24.3 Å². The molecular weight excluding hydrogens is 305 g/mol. The van der Waals surface area contributed by atoms with Crippen LogP contribution in [0.2, 0.25) is 10.0 Å². The molecular formula is C16H17Cl2N3. The lowest BCUT2D eigenvalue weighted by Gasteiger charge is -2.10. The van der Waals surface area contributed by atoms with E-state index in [0.29, 0.717) is 21.8 Å². The quantitative estimate of drug-likeness (QED) is 0.827. The Balaban J connectivity index is 2.03. The summed E-state index contributed by atoms with van der Waals surface area (Å²) >= 11 is 12.4. The fourth-order valence-corrected chi connectivity index (χ4v) is 2.58. The fraction of sp³-hybridized carbons (Fsp3) is 0.375. The molecule has 0 bridgehead atoms. The molecule has 1 saturated carbocycles. The van der Waals surface area contributed by atoms with E-state index in [4.69, 9.17) is 23.2 Å². The number of hydrogen-bond acceptors (Lipinski definition) is 3. The Morgan fingerprint density at radius 2 is 2.05 bits per heavy atom. The Morgan fingerprint density at radius 3 is 2.76 bits per heavy atom. The second kappa shape index (κ2) is 6.20. The van der Waals surface area contributed by atoms with Crippen LogP contribution in [-0.2, 0) is 0 Å². The lowest BCUT2D eigenvalue weighted by atomic mass is 10.2. The Labute approximate surface area is 134 Å². The summed E-state index contributed by atoms with van der Waals surface area (Å²) in [6.45, 7) is 3.02. The van der Waals surface area contributed by atoms with Crippen LogP contribution < -0.4 is 5.32 Å². The van der Waals surface area contributed by atoms with Gasteiger partial charge in [-0.2, -0.15) is 0 Å². The monoisotopic (exact) mass is 321 g/mol. The average Bonchev–Trinajstić information content (AvgIpc) is 3.32. The SMILES string of the molecule is CCCNc1cc(C2CC2)nc(-c2cccc(Cl)c2Cl)n1. The summed E-state index contributed by atoms with van der Waals surface area (Å²) in [5.41, 5.74) is 1.88. The molecule has 5 heteroatoms. The maximum absolute atomic E-state index is 6.30. The highest BCUT2D eigenvalue weighted by atomic mass is 35.5. The van der Waals surface area contributed by atoms with Crippen LogP contribution in [0.25, 0.3) is 11.4 Å². The van der Waals surface area contributed by atoms with Crippen LogP contribution >= 0.6 is 23.2 Å². The number of benzene rings is 1. The molecule has 21 heavy (non-hydrogen) atoms. The van der Waals surface area contributed by atoms with Crippen molar-refractivity contribution < 1.29 is 0 Å². The zero-order valence-corrected chi connectivity index (χ0v) is 13.4. The Bertz CT molecular complexity index is 654. The van der Waals surface area contributed by atoms with Gasteiger partial charge in [-0.1, -0.05) is 36.2 Å². The van der Waals surface area contributed by atoms with Crippen LogP contribution in [0.1, 0.15) is 37.8 Å². The largest absolute Gasteiger partial charge is 0.370 e. The Morgan fingerprint density at radius 1 is 1.24 bits per heavy atom. The van der Waals surface area contributed by atoms with Gasteiger partial charge in [0, 0.05) is 29.8 Å². The number of aromatic nitrogens is 2. The number of rotatable bonds is 5. The molecule has 1 fully saturated rings. The molecule has 0 amide bonds. The van der Waals surface area contributed by atoms with E-state index in [-0.39, 0.29) is 0 Å². The average molecular weight is 322 g/mol. The van der Waals surface area contributed by atoms with Crippen molar-refractivity contribution in [2.24, 2.45) is 0 Å². The first kappa shape index (κ1) is 14.6. The highest BCUT2D eigenvalue weighted by molar-refractivity contribution is 6.43. The van der Waals surface area contributed by atoms with Gasteiger partial charge in [0.2, 0.25) is 0 Å². The summed E-state index contributed by atoms with van der Waals surface area (Å²) < 4.78 is 0. The van der Waals surface area contributed by atoms with Crippen LogP contribution in [0, 0.1) is 0 Å².